The van der Waals surface area contributed by atoms with Crippen molar-refractivity contribution >= 4 is 44.4 Å². The molecule has 6 rings (SSSR count). The average molecular weight is 902 g/mol. The molecule has 3 fully saturated rings. The Balaban J connectivity index is 1.38. The molecule has 0 unspecified atom stereocenters. The van der Waals surface area contributed by atoms with E-state index in [-0.39, 0.29) is 60.5 Å². The number of hydrogen-bond donors (Lipinski definition) is 1. The maximum absolute atomic E-state index is 14.9. The van der Waals surface area contributed by atoms with Crippen molar-refractivity contribution in [1.82, 2.24) is 14.6 Å². The number of hydrogen-bond acceptors (Lipinski definition) is 10. The van der Waals surface area contributed by atoms with Crippen molar-refractivity contribution in [3.63, 3.8) is 0 Å². The molecule has 62 heavy (non-hydrogen) atoms. The largest absolute Gasteiger partial charge is 0.497 e. The summed E-state index contributed by atoms with van der Waals surface area (Å²) in [5.74, 6) is -9.42. The van der Waals surface area contributed by atoms with Crippen LogP contribution in [0.15, 0.2) is 36.5 Å². The highest BCUT2D eigenvalue weighted by Crippen LogP contribution is 2.58. The van der Waals surface area contributed by atoms with E-state index in [1.807, 2.05) is 17.7 Å². The van der Waals surface area contributed by atoms with Gasteiger partial charge in [-0.05, 0) is 88.3 Å². The number of nitrogens with one attached hydrogen (secondary N) is 1. The molecule has 2 saturated carbocycles. The van der Waals surface area contributed by atoms with Crippen molar-refractivity contribution in [2.24, 2.45) is 29.1 Å². The first-order valence-electron chi connectivity index (χ1n) is 20.7. The monoisotopic (exact) mass is 901 g/mol. The first-order valence-corrected chi connectivity index (χ1v) is 22.2. The number of sulfonamides is 1. The van der Waals surface area contributed by atoms with Gasteiger partial charge >= 0.3 is 12.1 Å². The molecule has 1 aromatic heterocycles. The molecular weight excluding hydrogens is 849 g/mol. The molecule has 12 nitrogen and oxygen atoms in total. The number of carbonyl (C=O) groups is 4. The molecule has 0 radical (unpaired) electrons. The average Bonchev–Trinajstić information content (AvgIpc) is 4.08. The van der Waals surface area contributed by atoms with Crippen LogP contribution < -0.4 is 14.2 Å². The highest BCUT2D eigenvalue weighted by molar-refractivity contribution is 7.91. The fourth-order valence-corrected chi connectivity index (χ4v) is 10.1. The second-order valence-corrected chi connectivity index (χ2v) is 20.3. The molecule has 0 bridgehead atoms. The van der Waals surface area contributed by atoms with Gasteiger partial charge in [-0.2, -0.15) is 13.2 Å². The van der Waals surface area contributed by atoms with E-state index >= 15 is 0 Å². The molecule has 4 aliphatic rings. The Morgan fingerprint density at radius 3 is 2.34 bits per heavy atom. The number of halogens is 6. The molecule has 3 heterocycles. The van der Waals surface area contributed by atoms with Gasteiger partial charge in [0.25, 0.3) is 5.92 Å². The van der Waals surface area contributed by atoms with Gasteiger partial charge in [-0.3, -0.25) is 23.9 Å². The normalized spacial score (nSPS) is 28.8. The van der Waals surface area contributed by atoms with Crippen LogP contribution in [-0.4, -0.2) is 90.6 Å². The summed E-state index contributed by atoms with van der Waals surface area (Å²) in [7, 11) is -3.18. The topological polar surface area (TPSA) is 158 Å². The standard InChI is InChI=1S/C43H53F6N3O9S/c1-24-9-7-8-10-26-19-42(26,38(56)51-62(57,58)41(23-44)13-14-41)20-34(53)33-17-28(60-36-29-12-11-27(59-6)16-31(29)32(21-50-36)43(47,48)49)22-52(33)37(55)30(25(2)15-24)18-35(54)61-39(3,4)40(5,45)46/h8,10-12,16,21,24-26,28,30,33H,7,9,13-15,17-20,22-23H2,1-6H3,(H,51,56)/b10-8-/t24-,25-,26-,28-,30+,33+,42-/m1/s1. The number of allylic oxidation sites excluding steroid dienone is 2. The zero-order valence-corrected chi connectivity index (χ0v) is 36.3. The number of rotatable bonds is 11. The number of Topliss-reactive ketones (excluding diaryl/α,β-unsaturated/α-hetero) is 1. The molecule has 1 saturated heterocycles. The van der Waals surface area contributed by atoms with Gasteiger partial charge in [-0.15, -0.1) is 0 Å². The number of nitrogens with zero attached hydrogens (tertiary/aromatic N) is 2. The van der Waals surface area contributed by atoms with Gasteiger partial charge in [-0.1, -0.05) is 26.0 Å². The van der Waals surface area contributed by atoms with Crippen molar-refractivity contribution in [1.29, 1.82) is 0 Å². The summed E-state index contributed by atoms with van der Waals surface area (Å²) < 4.78 is 129. The van der Waals surface area contributed by atoms with Gasteiger partial charge in [-0.25, -0.2) is 26.6 Å². The van der Waals surface area contributed by atoms with Crippen molar-refractivity contribution in [3.8, 4) is 11.6 Å². The second kappa shape index (κ2) is 16.9. The van der Waals surface area contributed by atoms with E-state index in [0.29, 0.717) is 32.4 Å². The first-order chi connectivity index (χ1) is 28.8. The van der Waals surface area contributed by atoms with E-state index in [2.05, 4.69) is 4.98 Å². The number of carbonyl (C=O) groups excluding carboxylic acids is 4. The van der Waals surface area contributed by atoms with Crippen molar-refractivity contribution in [2.75, 3.05) is 20.3 Å². The van der Waals surface area contributed by atoms with Crippen LogP contribution in [0.2, 0.25) is 0 Å². The summed E-state index contributed by atoms with van der Waals surface area (Å²) >= 11 is 0. The molecule has 1 N–H and O–H groups in total. The minimum Gasteiger partial charge on any atom is -0.497 e. The van der Waals surface area contributed by atoms with Crippen molar-refractivity contribution in [3.05, 3.63) is 42.1 Å². The predicted octanol–water partition coefficient (Wildman–Crippen LogP) is 7.52. The number of benzene rings is 1. The van der Waals surface area contributed by atoms with Gasteiger partial charge in [0.15, 0.2) is 11.4 Å². The lowest BCUT2D eigenvalue weighted by atomic mass is 9.82. The quantitative estimate of drug-likeness (QED) is 0.136. The summed E-state index contributed by atoms with van der Waals surface area (Å²) in [6, 6.07) is 2.55. The van der Waals surface area contributed by atoms with Crippen molar-refractivity contribution < 1.29 is 68.1 Å². The fraction of sp³-hybridized carbons (Fsp3) is 0.651. The zero-order chi connectivity index (χ0) is 45.8. The Labute approximate surface area is 356 Å². The molecule has 2 aliphatic heterocycles. The SMILES string of the molecule is COc1ccc2c(O[C@@H]3C[C@H]4C(=O)C[C@]5(C(=O)NS(=O)(=O)C6(CF)CC6)C[C@H]5/C=C\CC[C@@H](C)C[C@@H](C)[C@H](CC(=O)OC(C)(C)C(C)(F)F)C(=O)N4C3)ncc(C(F)(F)F)c2c1. The maximum atomic E-state index is 14.9. The molecule has 2 amide bonds. The highest BCUT2D eigenvalue weighted by atomic mass is 32.2. The van der Waals surface area contributed by atoms with E-state index < -0.39 is 116 Å². The smallest absolute Gasteiger partial charge is 0.418 e. The van der Waals surface area contributed by atoms with Crippen molar-refractivity contribution in [2.45, 2.75) is 127 Å². The Bertz CT molecular complexity index is 2220. The molecule has 342 valence electrons. The number of esters is 1. The van der Waals surface area contributed by atoms with Gasteiger partial charge < -0.3 is 19.1 Å². The summed E-state index contributed by atoms with van der Waals surface area (Å²) in [6.45, 7) is 4.80. The van der Waals surface area contributed by atoms with E-state index in [0.717, 1.165) is 13.8 Å². The lowest BCUT2D eigenvalue weighted by molar-refractivity contribution is -0.197. The third-order valence-corrected chi connectivity index (χ3v) is 15.4. The molecular formula is C43H53F6N3O9S. The number of aromatic nitrogens is 1. The summed E-state index contributed by atoms with van der Waals surface area (Å²) in [6.07, 6.45) is -1.52. The first kappa shape index (κ1) is 47.1. The molecule has 0 spiro atoms. The highest BCUT2D eigenvalue weighted by Gasteiger charge is 2.63. The molecule has 7 atom stereocenters. The van der Waals surface area contributed by atoms with E-state index in [1.165, 1.54) is 30.2 Å². The van der Waals surface area contributed by atoms with E-state index in [1.54, 1.807) is 13.0 Å². The summed E-state index contributed by atoms with van der Waals surface area (Å²) in [5, 5.41) is -0.340. The molecule has 1 aromatic carbocycles. The number of alkyl halides is 6. The van der Waals surface area contributed by atoms with Crippen LogP contribution in [0.4, 0.5) is 26.3 Å². The van der Waals surface area contributed by atoms with Gasteiger partial charge in [0.05, 0.1) is 43.0 Å². The molecule has 19 heteroatoms. The number of pyridine rings is 1. The summed E-state index contributed by atoms with van der Waals surface area (Å²) in [5.41, 5.74) is -4.89. The molecule has 2 aliphatic carbocycles. The number of ether oxygens (including phenoxy) is 3. The van der Waals surface area contributed by atoms with Gasteiger partial charge in [0.2, 0.25) is 27.7 Å². The number of fused-ring (bicyclic) bond motifs is 3. The second-order valence-electron chi connectivity index (χ2n) is 18.2. The minimum absolute atomic E-state index is 0.0161. The number of methoxy groups -OCH3 is 1. The number of ketones is 1. The van der Waals surface area contributed by atoms with Crippen LogP contribution in [0, 0.1) is 29.1 Å². The Hall–Kier alpha value is -4.42. The fourth-order valence-electron chi connectivity index (χ4n) is 8.63. The van der Waals surface area contributed by atoms with Gasteiger partial charge in [0.1, 0.15) is 23.3 Å². The predicted molar refractivity (Wildman–Crippen MR) is 213 cm³/mol. The Morgan fingerprint density at radius 2 is 1.73 bits per heavy atom. The van der Waals surface area contributed by atoms with Crippen LogP contribution in [-0.2, 0) is 40.1 Å². The van der Waals surface area contributed by atoms with Crippen LogP contribution in [0.5, 0.6) is 11.6 Å². The minimum atomic E-state index is -4.81. The third kappa shape index (κ3) is 9.42. The van der Waals surface area contributed by atoms with E-state index in [4.69, 9.17) is 14.2 Å². The van der Waals surface area contributed by atoms with Crippen LogP contribution in [0.1, 0.15) is 98.0 Å². The van der Waals surface area contributed by atoms with Crippen LogP contribution in [0.3, 0.4) is 0 Å². The lowest BCUT2D eigenvalue weighted by Gasteiger charge is -2.34. The Morgan fingerprint density at radius 1 is 1.03 bits per heavy atom. The lowest BCUT2D eigenvalue weighted by Crippen LogP contribution is -2.49. The van der Waals surface area contributed by atoms with E-state index in [9.17, 15) is 53.9 Å². The maximum Gasteiger partial charge on any atom is 0.418 e. The van der Waals surface area contributed by atoms with Crippen LogP contribution in [0.25, 0.3) is 10.8 Å². The number of amides is 2. The van der Waals surface area contributed by atoms with Gasteiger partial charge in [0, 0.05) is 36.7 Å². The summed E-state index contributed by atoms with van der Waals surface area (Å²) in [4.78, 5) is 62.1. The Kier molecular flexibility index (Phi) is 12.9. The van der Waals surface area contributed by atoms with Crippen LogP contribution >= 0.6 is 0 Å². The molecule has 2 aromatic rings. The zero-order valence-electron chi connectivity index (χ0n) is 35.5. The third-order valence-electron chi connectivity index (χ3n) is 13.3.